The van der Waals surface area contributed by atoms with Crippen molar-refractivity contribution in [1.29, 1.82) is 5.41 Å². The first-order valence-corrected chi connectivity index (χ1v) is 9.68. The quantitative estimate of drug-likeness (QED) is 0.200. The molecule has 32 heavy (non-hydrogen) atoms. The van der Waals surface area contributed by atoms with E-state index in [9.17, 15) is 19.8 Å². The van der Waals surface area contributed by atoms with Gasteiger partial charge in [0, 0.05) is 22.7 Å². The van der Waals surface area contributed by atoms with Crippen LogP contribution >= 0.6 is 0 Å². The number of fused-ring (bicyclic) bond motifs is 1. The molecule has 0 aliphatic carbocycles. The number of benzene rings is 2. The SMILES string of the molecule is N=C(N)c1ccc(-c2ccc(-n3cc(CC(C(=O)O)C(=O)O)c4ccccc43)nn2)cc1. The third-order valence-corrected chi connectivity index (χ3v) is 5.20. The van der Waals surface area contributed by atoms with Gasteiger partial charge in [0.25, 0.3) is 0 Å². The van der Waals surface area contributed by atoms with E-state index in [2.05, 4.69) is 10.2 Å². The van der Waals surface area contributed by atoms with Gasteiger partial charge in [-0.15, -0.1) is 10.2 Å². The monoisotopic (exact) mass is 429 g/mol. The third-order valence-electron chi connectivity index (χ3n) is 5.20. The summed E-state index contributed by atoms with van der Waals surface area (Å²) in [6, 6.07) is 18.0. The number of aliphatic carboxylic acids is 2. The molecule has 0 radical (unpaired) electrons. The molecule has 2 aromatic heterocycles. The van der Waals surface area contributed by atoms with Gasteiger partial charge in [0.1, 0.15) is 5.84 Å². The first-order chi connectivity index (χ1) is 15.3. The maximum absolute atomic E-state index is 11.4. The van der Waals surface area contributed by atoms with Crippen LogP contribution in [0.3, 0.4) is 0 Å². The normalized spacial score (nSPS) is 11.0. The zero-order valence-electron chi connectivity index (χ0n) is 16.8. The van der Waals surface area contributed by atoms with E-state index in [1.165, 1.54) is 0 Å². The Morgan fingerprint density at radius 3 is 2.25 bits per heavy atom. The number of carbonyl (C=O) groups is 2. The highest BCUT2D eigenvalue weighted by Crippen LogP contribution is 2.27. The van der Waals surface area contributed by atoms with Gasteiger partial charge in [0.05, 0.1) is 11.2 Å². The maximum atomic E-state index is 11.4. The number of carboxylic acid groups (broad SMARTS) is 2. The number of aromatic nitrogens is 3. The summed E-state index contributed by atoms with van der Waals surface area (Å²) < 4.78 is 1.76. The van der Waals surface area contributed by atoms with E-state index in [1.807, 2.05) is 36.4 Å². The number of hydrogen-bond acceptors (Lipinski definition) is 5. The fraction of sp³-hybridized carbons (Fsp3) is 0.0870. The van der Waals surface area contributed by atoms with Gasteiger partial charge in [-0.1, -0.05) is 42.5 Å². The fourth-order valence-corrected chi connectivity index (χ4v) is 3.53. The summed E-state index contributed by atoms with van der Waals surface area (Å²) >= 11 is 0. The Morgan fingerprint density at radius 2 is 1.66 bits per heavy atom. The van der Waals surface area contributed by atoms with Crippen LogP contribution in [0.1, 0.15) is 11.1 Å². The second-order valence-electron chi connectivity index (χ2n) is 7.24. The molecule has 2 heterocycles. The molecule has 0 aliphatic heterocycles. The molecule has 0 amide bonds. The van der Waals surface area contributed by atoms with E-state index in [1.54, 1.807) is 35.0 Å². The maximum Gasteiger partial charge on any atom is 0.318 e. The summed E-state index contributed by atoms with van der Waals surface area (Å²) in [5, 5.41) is 35.3. The number of nitrogens with zero attached hydrogens (tertiary/aromatic N) is 3. The summed E-state index contributed by atoms with van der Waals surface area (Å²) in [6.07, 6.45) is 1.56. The number of carboxylic acids is 2. The van der Waals surface area contributed by atoms with Crippen molar-refractivity contribution in [2.75, 3.05) is 0 Å². The van der Waals surface area contributed by atoms with E-state index in [-0.39, 0.29) is 12.3 Å². The lowest BCUT2D eigenvalue weighted by atomic mass is 9.99. The summed E-state index contributed by atoms with van der Waals surface area (Å²) in [5.74, 6) is -3.80. The molecular weight excluding hydrogens is 410 g/mol. The first kappa shape index (κ1) is 20.7. The number of amidine groups is 1. The predicted octanol–water partition coefficient (Wildman–Crippen LogP) is 2.70. The zero-order valence-corrected chi connectivity index (χ0v) is 16.8. The second kappa shape index (κ2) is 8.31. The molecule has 0 saturated carbocycles. The molecule has 160 valence electrons. The number of para-hydroxylation sites is 1. The highest BCUT2D eigenvalue weighted by atomic mass is 16.4. The lowest BCUT2D eigenvalue weighted by Crippen LogP contribution is -2.25. The van der Waals surface area contributed by atoms with E-state index in [0.717, 1.165) is 16.5 Å². The third kappa shape index (κ3) is 3.91. The number of nitrogens with two attached hydrogens (primary N) is 1. The van der Waals surface area contributed by atoms with Crippen LogP contribution < -0.4 is 5.73 Å². The molecule has 5 N–H and O–H groups in total. The molecule has 2 aromatic carbocycles. The van der Waals surface area contributed by atoms with Crippen LogP contribution in [0.5, 0.6) is 0 Å². The zero-order chi connectivity index (χ0) is 22.8. The van der Waals surface area contributed by atoms with Crippen molar-refractivity contribution in [3.8, 4) is 17.1 Å². The number of hydrogen-bond donors (Lipinski definition) is 4. The summed E-state index contributed by atoms with van der Waals surface area (Å²) in [6.45, 7) is 0. The lowest BCUT2D eigenvalue weighted by Gasteiger charge is -2.06. The lowest BCUT2D eigenvalue weighted by molar-refractivity contribution is -0.154. The second-order valence-corrected chi connectivity index (χ2v) is 7.24. The number of rotatable bonds is 7. The molecule has 0 atom stereocenters. The molecule has 0 fully saturated rings. The average Bonchev–Trinajstić information content (AvgIpc) is 3.16. The van der Waals surface area contributed by atoms with Crippen LogP contribution in [0.2, 0.25) is 0 Å². The topological polar surface area (TPSA) is 155 Å². The van der Waals surface area contributed by atoms with Gasteiger partial charge in [0.15, 0.2) is 11.7 Å². The van der Waals surface area contributed by atoms with E-state index in [0.29, 0.717) is 22.6 Å². The number of nitrogens with one attached hydrogen (secondary N) is 1. The fourth-order valence-electron chi connectivity index (χ4n) is 3.53. The summed E-state index contributed by atoms with van der Waals surface area (Å²) in [5.41, 5.74) is 8.92. The smallest absolute Gasteiger partial charge is 0.318 e. The molecular formula is C23H19N5O4. The Morgan fingerprint density at radius 1 is 0.969 bits per heavy atom. The van der Waals surface area contributed by atoms with Gasteiger partial charge in [-0.2, -0.15) is 0 Å². The van der Waals surface area contributed by atoms with Gasteiger partial charge in [0.2, 0.25) is 0 Å². The Bertz CT molecular complexity index is 1310. The Balaban J connectivity index is 1.70. The van der Waals surface area contributed by atoms with Crippen molar-refractivity contribution in [3.05, 3.63) is 78.0 Å². The minimum atomic E-state index is -1.54. The van der Waals surface area contributed by atoms with E-state index >= 15 is 0 Å². The highest BCUT2D eigenvalue weighted by molar-refractivity contribution is 5.95. The van der Waals surface area contributed by atoms with Crippen molar-refractivity contribution in [3.63, 3.8) is 0 Å². The van der Waals surface area contributed by atoms with Crippen molar-refractivity contribution < 1.29 is 19.8 Å². The van der Waals surface area contributed by atoms with Gasteiger partial charge >= 0.3 is 11.9 Å². The Kier molecular flexibility index (Phi) is 5.38. The molecule has 0 saturated heterocycles. The Labute approximate surface area is 182 Å². The van der Waals surface area contributed by atoms with E-state index in [4.69, 9.17) is 11.1 Å². The minimum Gasteiger partial charge on any atom is -0.481 e. The summed E-state index contributed by atoms with van der Waals surface area (Å²) in [4.78, 5) is 22.7. The largest absolute Gasteiger partial charge is 0.481 e. The van der Waals surface area contributed by atoms with Gasteiger partial charge in [-0.05, 0) is 30.2 Å². The first-order valence-electron chi connectivity index (χ1n) is 9.68. The molecule has 4 aromatic rings. The Hall–Kier alpha value is -4.53. The molecule has 0 spiro atoms. The molecule has 0 unspecified atom stereocenters. The predicted molar refractivity (Wildman–Crippen MR) is 118 cm³/mol. The number of nitrogen functional groups attached to an aromatic ring is 1. The van der Waals surface area contributed by atoms with Crippen LogP contribution in [0.4, 0.5) is 0 Å². The standard InChI is InChI=1S/C23H19N5O4/c24-21(25)14-7-5-13(6-8-14)18-9-10-20(27-26-18)28-12-15(11-17(22(29)30)23(31)32)16-3-1-2-4-19(16)28/h1-10,12,17H,11H2,(H3,24,25)(H,29,30)(H,31,32). The van der Waals surface area contributed by atoms with Crippen molar-refractivity contribution in [2.24, 2.45) is 11.7 Å². The van der Waals surface area contributed by atoms with Crippen LogP contribution in [0, 0.1) is 11.3 Å². The van der Waals surface area contributed by atoms with Crippen molar-refractivity contribution >= 4 is 28.7 Å². The van der Waals surface area contributed by atoms with Crippen LogP contribution in [-0.2, 0) is 16.0 Å². The molecule has 4 rings (SSSR count). The minimum absolute atomic E-state index is 0.0127. The molecule has 9 heteroatoms. The van der Waals surface area contributed by atoms with Crippen molar-refractivity contribution in [1.82, 2.24) is 14.8 Å². The van der Waals surface area contributed by atoms with Gasteiger partial charge < -0.3 is 15.9 Å². The van der Waals surface area contributed by atoms with E-state index < -0.39 is 17.9 Å². The molecule has 9 nitrogen and oxygen atoms in total. The summed E-state index contributed by atoms with van der Waals surface area (Å²) in [7, 11) is 0. The average molecular weight is 429 g/mol. The van der Waals surface area contributed by atoms with Crippen LogP contribution in [0.15, 0.2) is 66.9 Å². The highest BCUT2D eigenvalue weighted by Gasteiger charge is 2.27. The molecule has 0 aliphatic rings. The van der Waals surface area contributed by atoms with Crippen molar-refractivity contribution in [2.45, 2.75) is 6.42 Å². The van der Waals surface area contributed by atoms with Gasteiger partial charge in [-0.25, -0.2) is 0 Å². The van der Waals surface area contributed by atoms with Gasteiger partial charge in [-0.3, -0.25) is 19.6 Å². The van der Waals surface area contributed by atoms with Crippen LogP contribution in [0.25, 0.3) is 28.0 Å². The van der Waals surface area contributed by atoms with Crippen LogP contribution in [-0.4, -0.2) is 42.8 Å². The molecule has 0 bridgehead atoms.